The second-order valence-corrected chi connectivity index (χ2v) is 9.43. The number of hydrogen-bond donors (Lipinski definition) is 3. The quantitative estimate of drug-likeness (QED) is 0.262. The van der Waals surface area contributed by atoms with Crippen LogP contribution in [0.5, 0.6) is 5.75 Å². The molecular weight excluding hydrogens is 529 g/mol. The Morgan fingerprint density at radius 1 is 1.03 bits per heavy atom. The van der Waals surface area contributed by atoms with E-state index < -0.39 is 12.1 Å². The molecule has 1 amide bonds. The van der Waals surface area contributed by atoms with Crippen LogP contribution < -0.4 is 26.6 Å². The fraction of sp³-hybridized carbons (Fsp3) is 0.500. The largest absolute Gasteiger partial charge is 0.542 e. The van der Waals surface area contributed by atoms with Gasteiger partial charge in [-0.1, -0.05) is 23.7 Å². The maximum atomic E-state index is 12.2. The zero-order valence-corrected chi connectivity index (χ0v) is 22.4. The minimum absolute atomic E-state index is 0.00820. The first kappa shape index (κ1) is 32.7. The number of nitrogens with zero attached hydrogens (tertiary/aromatic N) is 3. The third kappa shape index (κ3) is 12.3. The highest BCUT2D eigenvalue weighted by Gasteiger charge is 2.28. The Kier molecular flexibility index (Phi) is 13.1. The van der Waals surface area contributed by atoms with E-state index in [1.807, 2.05) is 12.1 Å². The number of carbonyl (C=O) groups excluding carboxylic acids is 2. The summed E-state index contributed by atoms with van der Waals surface area (Å²) in [6.07, 6.45) is 0.0274. The van der Waals surface area contributed by atoms with Crippen LogP contribution in [0.1, 0.15) is 41.7 Å². The van der Waals surface area contributed by atoms with E-state index in [9.17, 15) is 18.0 Å². The van der Waals surface area contributed by atoms with Gasteiger partial charge in [-0.05, 0) is 43.4 Å². The SMILES string of the molecule is COc1ccc(CCC[N+](C)(C)CCCCCNC(=O)c2nc(Cl)c(N)nc2N)cc1.O=C([O-])C(F)(F)F. The van der Waals surface area contributed by atoms with Gasteiger partial charge in [0.2, 0.25) is 0 Å². The fourth-order valence-electron chi connectivity index (χ4n) is 3.35. The molecule has 1 aromatic carbocycles. The molecule has 0 fully saturated rings. The van der Waals surface area contributed by atoms with E-state index in [1.165, 1.54) is 5.56 Å². The molecule has 2 rings (SSSR count). The number of aliphatic carboxylic acids is 1. The molecule has 0 saturated heterocycles. The summed E-state index contributed by atoms with van der Waals surface area (Å²) in [5.74, 6) is -2.51. The molecular formula is C24H34ClF3N6O4. The number of carboxylic acids is 1. The average molecular weight is 563 g/mol. The number of nitrogens with two attached hydrogens (primary N) is 2. The molecule has 14 heteroatoms. The number of alkyl halides is 3. The third-order valence-corrected chi connectivity index (χ3v) is 5.74. The zero-order valence-electron chi connectivity index (χ0n) is 21.6. The van der Waals surface area contributed by atoms with E-state index in [4.69, 9.17) is 37.7 Å². The first-order valence-electron chi connectivity index (χ1n) is 11.8. The van der Waals surface area contributed by atoms with Gasteiger partial charge in [0.05, 0.1) is 34.3 Å². The molecule has 1 heterocycles. The third-order valence-electron chi connectivity index (χ3n) is 5.47. The van der Waals surface area contributed by atoms with Crippen LogP contribution >= 0.6 is 11.6 Å². The Morgan fingerprint density at radius 2 is 1.61 bits per heavy atom. The van der Waals surface area contributed by atoms with E-state index in [-0.39, 0.29) is 28.4 Å². The number of carboxylic acid groups (broad SMARTS) is 1. The molecule has 0 unspecified atom stereocenters. The Hall–Kier alpha value is -3.32. The molecule has 0 bridgehead atoms. The van der Waals surface area contributed by atoms with Crippen molar-refractivity contribution in [2.75, 3.05) is 52.3 Å². The smallest absolute Gasteiger partial charge is 0.430 e. The van der Waals surface area contributed by atoms with Crippen molar-refractivity contribution in [1.82, 2.24) is 15.3 Å². The molecule has 212 valence electrons. The van der Waals surface area contributed by atoms with Gasteiger partial charge in [-0.25, -0.2) is 9.97 Å². The number of aryl methyl sites for hydroxylation is 1. The van der Waals surface area contributed by atoms with Crippen LogP contribution in [0, 0.1) is 0 Å². The lowest BCUT2D eigenvalue weighted by Crippen LogP contribution is -2.41. The normalized spacial score (nSPS) is 11.3. The van der Waals surface area contributed by atoms with Crippen molar-refractivity contribution >= 4 is 35.1 Å². The lowest BCUT2D eigenvalue weighted by Gasteiger charge is -2.30. The van der Waals surface area contributed by atoms with Gasteiger partial charge in [0.25, 0.3) is 5.91 Å². The maximum absolute atomic E-state index is 12.2. The number of unbranched alkanes of at least 4 members (excludes halogenated alkanes) is 2. The number of ether oxygens (including phenoxy) is 1. The summed E-state index contributed by atoms with van der Waals surface area (Å²) >= 11 is 5.82. The minimum atomic E-state index is -5.19. The number of quaternary nitrogens is 1. The summed E-state index contributed by atoms with van der Waals surface area (Å²) in [6, 6.07) is 8.28. The summed E-state index contributed by atoms with van der Waals surface area (Å²) in [7, 11) is 6.22. The molecule has 0 saturated carbocycles. The summed E-state index contributed by atoms with van der Waals surface area (Å²) < 4.78 is 37.7. The number of nitrogen functional groups attached to an aromatic ring is 2. The number of halogens is 4. The summed E-state index contributed by atoms with van der Waals surface area (Å²) in [5.41, 5.74) is 12.6. The molecule has 5 N–H and O–H groups in total. The number of aromatic nitrogens is 2. The Balaban J connectivity index is 0.000000905. The molecule has 38 heavy (non-hydrogen) atoms. The van der Waals surface area contributed by atoms with Crippen molar-refractivity contribution in [1.29, 1.82) is 0 Å². The number of nitrogens with one attached hydrogen (secondary N) is 1. The molecule has 0 aliphatic heterocycles. The van der Waals surface area contributed by atoms with E-state index >= 15 is 0 Å². The van der Waals surface area contributed by atoms with E-state index in [1.54, 1.807) is 7.11 Å². The zero-order chi connectivity index (χ0) is 28.9. The van der Waals surface area contributed by atoms with Crippen molar-refractivity contribution in [3.05, 3.63) is 40.7 Å². The molecule has 0 aliphatic rings. The van der Waals surface area contributed by atoms with Gasteiger partial charge < -0.3 is 35.9 Å². The van der Waals surface area contributed by atoms with Gasteiger partial charge in [0.1, 0.15) is 11.7 Å². The van der Waals surface area contributed by atoms with Crippen LogP contribution in [-0.2, 0) is 11.2 Å². The highest BCUT2D eigenvalue weighted by atomic mass is 35.5. The van der Waals surface area contributed by atoms with Crippen molar-refractivity contribution < 1.29 is 37.1 Å². The van der Waals surface area contributed by atoms with Gasteiger partial charge in [-0.3, -0.25) is 4.79 Å². The van der Waals surface area contributed by atoms with Crippen molar-refractivity contribution in [2.24, 2.45) is 0 Å². The second-order valence-electron chi connectivity index (χ2n) is 9.07. The number of anilines is 2. The van der Waals surface area contributed by atoms with Gasteiger partial charge in [0.15, 0.2) is 22.5 Å². The Bertz CT molecular complexity index is 1050. The second kappa shape index (κ2) is 15.2. The monoisotopic (exact) mass is 562 g/mol. The molecule has 0 radical (unpaired) electrons. The predicted octanol–water partition coefficient (Wildman–Crippen LogP) is 2.21. The lowest BCUT2D eigenvalue weighted by molar-refractivity contribution is -0.890. The predicted molar refractivity (Wildman–Crippen MR) is 136 cm³/mol. The van der Waals surface area contributed by atoms with E-state index in [0.717, 1.165) is 55.4 Å². The van der Waals surface area contributed by atoms with Gasteiger partial charge in [-0.2, -0.15) is 13.2 Å². The molecule has 0 atom stereocenters. The topological polar surface area (TPSA) is 156 Å². The Labute approximate surface area is 224 Å². The van der Waals surface area contributed by atoms with Crippen LogP contribution in [-0.4, -0.2) is 73.3 Å². The minimum Gasteiger partial charge on any atom is -0.542 e. The number of hydrogen-bond acceptors (Lipinski definition) is 8. The number of methoxy groups -OCH3 is 1. The summed E-state index contributed by atoms with van der Waals surface area (Å²) in [6.45, 7) is 2.77. The summed E-state index contributed by atoms with van der Waals surface area (Å²) in [5, 5.41) is 11.6. The first-order valence-corrected chi connectivity index (χ1v) is 12.1. The highest BCUT2D eigenvalue weighted by Crippen LogP contribution is 2.17. The fourth-order valence-corrected chi connectivity index (χ4v) is 3.48. The molecule has 1 aromatic heterocycles. The van der Waals surface area contributed by atoms with Crippen LogP contribution in [0.2, 0.25) is 5.15 Å². The number of amides is 1. The number of rotatable bonds is 12. The lowest BCUT2D eigenvalue weighted by atomic mass is 10.1. The van der Waals surface area contributed by atoms with Crippen molar-refractivity contribution in [3.63, 3.8) is 0 Å². The van der Waals surface area contributed by atoms with Crippen molar-refractivity contribution in [3.8, 4) is 5.75 Å². The molecule has 0 aliphatic carbocycles. The molecule has 0 spiro atoms. The number of carbonyl (C=O) groups is 2. The van der Waals surface area contributed by atoms with Gasteiger partial charge in [-0.15, -0.1) is 0 Å². The average Bonchev–Trinajstić information content (AvgIpc) is 2.83. The Morgan fingerprint density at radius 3 is 2.16 bits per heavy atom. The van der Waals surface area contributed by atoms with Crippen LogP contribution in [0.25, 0.3) is 0 Å². The van der Waals surface area contributed by atoms with Crippen molar-refractivity contribution in [2.45, 2.75) is 38.3 Å². The van der Waals surface area contributed by atoms with E-state index in [0.29, 0.717) is 6.54 Å². The van der Waals surface area contributed by atoms with Crippen LogP contribution in [0.15, 0.2) is 24.3 Å². The maximum Gasteiger partial charge on any atom is 0.430 e. The highest BCUT2D eigenvalue weighted by molar-refractivity contribution is 6.31. The van der Waals surface area contributed by atoms with Gasteiger partial charge >= 0.3 is 6.18 Å². The van der Waals surface area contributed by atoms with Crippen LogP contribution in [0.4, 0.5) is 24.8 Å². The van der Waals surface area contributed by atoms with Crippen LogP contribution in [0.3, 0.4) is 0 Å². The molecule has 2 aromatic rings. The van der Waals surface area contributed by atoms with E-state index in [2.05, 4.69) is 41.5 Å². The standard InChI is InChI=1S/C22H33ClN6O2.C2HF3O2/c1-29(2,15-7-8-16-9-11-17(31-3)12-10-16)14-6-4-5-13-26-22(30)18-20(24)28-21(25)19(23)27-18;3-2(4,5)1(6)7/h9-12H,4-8,13-15H2,1-3H3,(H4-,24,25,26,28,30);(H,6,7). The first-order chi connectivity index (χ1) is 17.7. The summed E-state index contributed by atoms with van der Waals surface area (Å²) in [4.78, 5) is 28.7. The van der Waals surface area contributed by atoms with Gasteiger partial charge in [0, 0.05) is 13.0 Å². The number of benzene rings is 1. The molecule has 10 nitrogen and oxygen atoms in total.